The van der Waals surface area contributed by atoms with Crippen LogP contribution in [-0.2, 0) is 16.4 Å². The summed E-state index contributed by atoms with van der Waals surface area (Å²) in [6.45, 7) is 3.55. The molecule has 1 aliphatic rings. The van der Waals surface area contributed by atoms with E-state index in [4.69, 9.17) is 4.74 Å². The fourth-order valence-corrected chi connectivity index (χ4v) is 4.37. The summed E-state index contributed by atoms with van der Waals surface area (Å²) in [5.41, 5.74) is 2.31. The molecule has 0 amide bonds. The Morgan fingerprint density at radius 2 is 2.21 bits per heavy atom. The van der Waals surface area contributed by atoms with Gasteiger partial charge in [0.15, 0.2) is 9.84 Å². The van der Waals surface area contributed by atoms with E-state index in [1.807, 2.05) is 19.1 Å². The maximum absolute atomic E-state index is 11.3. The van der Waals surface area contributed by atoms with Gasteiger partial charge in [-0.1, -0.05) is 12.1 Å². The van der Waals surface area contributed by atoms with E-state index in [-0.39, 0.29) is 5.92 Å². The Morgan fingerprint density at radius 3 is 2.79 bits per heavy atom. The first kappa shape index (κ1) is 14.3. The molecule has 1 saturated heterocycles. The Labute approximate surface area is 115 Å². The summed E-state index contributed by atoms with van der Waals surface area (Å²) < 4.78 is 27.9. The molecule has 0 aliphatic carbocycles. The minimum Gasteiger partial charge on any atom is -0.496 e. The van der Waals surface area contributed by atoms with Gasteiger partial charge in [-0.05, 0) is 43.0 Å². The average molecular weight is 283 g/mol. The first-order valence-corrected chi connectivity index (χ1v) is 8.37. The maximum atomic E-state index is 11.3. The van der Waals surface area contributed by atoms with Gasteiger partial charge >= 0.3 is 0 Å². The summed E-state index contributed by atoms with van der Waals surface area (Å²) in [6.07, 6.45) is 0.789. The quantitative estimate of drug-likeness (QED) is 0.890. The number of ether oxygens (including phenoxy) is 1. The molecule has 0 saturated carbocycles. The van der Waals surface area contributed by atoms with Gasteiger partial charge in [-0.25, -0.2) is 8.42 Å². The van der Waals surface area contributed by atoms with Crippen LogP contribution < -0.4 is 10.1 Å². The Hall–Kier alpha value is -1.07. The van der Waals surface area contributed by atoms with Crippen LogP contribution in [0.3, 0.4) is 0 Å². The van der Waals surface area contributed by atoms with Gasteiger partial charge in [0.05, 0.1) is 18.6 Å². The van der Waals surface area contributed by atoms with E-state index in [0.29, 0.717) is 11.5 Å². The minimum absolute atomic E-state index is 0.268. The molecule has 0 spiro atoms. The summed E-state index contributed by atoms with van der Waals surface area (Å²) in [4.78, 5) is 0. The number of hydrogen-bond donors (Lipinski definition) is 1. The van der Waals surface area contributed by atoms with E-state index in [1.165, 1.54) is 5.56 Å². The first-order valence-electron chi connectivity index (χ1n) is 6.55. The predicted molar refractivity (Wildman–Crippen MR) is 76.2 cm³/mol. The molecule has 1 unspecified atom stereocenters. The predicted octanol–water partition coefficient (Wildman–Crippen LogP) is 1.53. The Morgan fingerprint density at radius 1 is 1.42 bits per heavy atom. The Bertz CT molecular complexity index is 540. The van der Waals surface area contributed by atoms with E-state index >= 15 is 0 Å². The lowest BCUT2D eigenvalue weighted by Crippen LogP contribution is -2.23. The molecule has 106 valence electrons. The maximum Gasteiger partial charge on any atom is 0.150 e. The van der Waals surface area contributed by atoms with Crippen molar-refractivity contribution in [2.24, 2.45) is 5.92 Å². The van der Waals surface area contributed by atoms with Crippen LogP contribution in [-0.4, -0.2) is 33.6 Å². The number of benzene rings is 1. The van der Waals surface area contributed by atoms with Gasteiger partial charge in [-0.2, -0.15) is 0 Å². The van der Waals surface area contributed by atoms with Crippen molar-refractivity contribution in [3.05, 3.63) is 29.3 Å². The highest BCUT2D eigenvalue weighted by atomic mass is 32.2. The zero-order valence-corrected chi connectivity index (χ0v) is 12.3. The van der Waals surface area contributed by atoms with Crippen LogP contribution in [0.25, 0.3) is 0 Å². The van der Waals surface area contributed by atoms with Gasteiger partial charge < -0.3 is 10.1 Å². The second-order valence-electron chi connectivity index (χ2n) is 5.20. The van der Waals surface area contributed by atoms with Crippen LogP contribution >= 0.6 is 0 Å². The fourth-order valence-electron chi connectivity index (χ4n) is 2.50. The summed E-state index contributed by atoms with van der Waals surface area (Å²) in [7, 11) is -1.10. The van der Waals surface area contributed by atoms with Crippen molar-refractivity contribution in [3.63, 3.8) is 0 Å². The molecular formula is C14H21NO3S. The Balaban J connectivity index is 1.81. The molecule has 5 heteroatoms. The summed E-state index contributed by atoms with van der Waals surface area (Å²) in [6, 6.07) is 6.09. The molecular weight excluding hydrogens is 262 g/mol. The lowest BCUT2D eigenvalue weighted by molar-refractivity contribution is 0.411. The lowest BCUT2D eigenvalue weighted by atomic mass is 10.1. The number of aryl methyl sites for hydroxylation is 1. The Kier molecular flexibility index (Phi) is 4.47. The highest BCUT2D eigenvalue weighted by molar-refractivity contribution is 7.91. The number of sulfone groups is 1. The largest absolute Gasteiger partial charge is 0.496 e. The third-order valence-corrected chi connectivity index (χ3v) is 5.39. The average Bonchev–Trinajstić information content (AvgIpc) is 2.69. The van der Waals surface area contributed by atoms with Crippen LogP contribution in [0.15, 0.2) is 18.2 Å². The number of methoxy groups -OCH3 is 1. The van der Waals surface area contributed by atoms with Gasteiger partial charge in [-0.3, -0.25) is 0 Å². The molecule has 1 N–H and O–H groups in total. The van der Waals surface area contributed by atoms with Crippen molar-refractivity contribution in [2.45, 2.75) is 19.9 Å². The highest BCUT2D eigenvalue weighted by Crippen LogP contribution is 2.19. The molecule has 1 heterocycles. The van der Waals surface area contributed by atoms with Crippen LogP contribution in [0.4, 0.5) is 0 Å². The molecule has 1 aromatic rings. The molecule has 1 atom stereocenters. The summed E-state index contributed by atoms with van der Waals surface area (Å²) in [5.74, 6) is 1.85. The van der Waals surface area contributed by atoms with E-state index in [1.54, 1.807) is 7.11 Å². The zero-order valence-electron chi connectivity index (χ0n) is 11.5. The molecule has 0 bridgehead atoms. The molecule has 1 aromatic carbocycles. The van der Waals surface area contributed by atoms with Crippen LogP contribution in [0.1, 0.15) is 17.5 Å². The van der Waals surface area contributed by atoms with Crippen molar-refractivity contribution in [3.8, 4) is 5.75 Å². The van der Waals surface area contributed by atoms with Gasteiger partial charge in [0.25, 0.3) is 0 Å². The molecule has 19 heavy (non-hydrogen) atoms. The van der Waals surface area contributed by atoms with Crippen molar-refractivity contribution in [1.29, 1.82) is 0 Å². The van der Waals surface area contributed by atoms with Gasteiger partial charge in [0.2, 0.25) is 0 Å². The number of hydrogen-bond acceptors (Lipinski definition) is 4. The minimum atomic E-state index is -2.76. The molecule has 2 rings (SSSR count). The van der Waals surface area contributed by atoms with Crippen molar-refractivity contribution < 1.29 is 13.2 Å². The third kappa shape index (κ3) is 3.94. The standard InChI is InChI=1S/C14H21NO3S/c1-11-7-12(3-4-14(11)18-2)8-15-9-13-5-6-19(16,17)10-13/h3-4,7,13,15H,5-6,8-10H2,1-2H3. The molecule has 0 radical (unpaired) electrons. The van der Waals surface area contributed by atoms with Gasteiger partial charge in [0.1, 0.15) is 5.75 Å². The second-order valence-corrected chi connectivity index (χ2v) is 7.43. The molecule has 0 aromatic heterocycles. The zero-order chi connectivity index (χ0) is 13.9. The van der Waals surface area contributed by atoms with Crippen LogP contribution in [0.2, 0.25) is 0 Å². The summed E-state index contributed by atoms with van der Waals surface area (Å²) in [5, 5.41) is 3.34. The SMILES string of the molecule is COc1ccc(CNCC2CCS(=O)(=O)C2)cc1C. The number of nitrogens with one attached hydrogen (secondary N) is 1. The van der Waals surface area contributed by atoms with E-state index in [9.17, 15) is 8.42 Å². The van der Waals surface area contributed by atoms with Crippen LogP contribution in [0, 0.1) is 12.8 Å². The molecule has 1 aliphatic heterocycles. The first-order chi connectivity index (χ1) is 9.00. The van der Waals surface area contributed by atoms with E-state index in [0.717, 1.165) is 30.8 Å². The second kappa shape index (κ2) is 5.92. The summed E-state index contributed by atoms with van der Waals surface area (Å²) >= 11 is 0. The smallest absolute Gasteiger partial charge is 0.150 e. The molecule has 1 fully saturated rings. The normalized spacial score (nSPS) is 21.5. The van der Waals surface area contributed by atoms with Gasteiger partial charge in [-0.15, -0.1) is 0 Å². The van der Waals surface area contributed by atoms with E-state index in [2.05, 4.69) is 11.4 Å². The van der Waals surface area contributed by atoms with Crippen LogP contribution in [0.5, 0.6) is 5.75 Å². The monoisotopic (exact) mass is 283 g/mol. The highest BCUT2D eigenvalue weighted by Gasteiger charge is 2.27. The van der Waals surface area contributed by atoms with E-state index < -0.39 is 9.84 Å². The third-order valence-electron chi connectivity index (χ3n) is 3.55. The lowest BCUT2D eigenvalue weighted by Gasteiger charge is -2.11. The van der Waals surface area contributed by atoms with Crippen molar-refractivity contribution in [1.82, 2.24) is 5.32 Å². The number of rotatable bonds is 5. The van der Waals surface area contributed by atoms with Crippen molar-refractivity contribution in [2.75, 3.05) is 25.2 Å². The van der Waals surface area contributed by atoms with Gasteiger partial charge in [0, 0.05) is 6.54 Å². The topological polar surface area (TPSA) is 55.4 Å². The fraction of sp³-hybridized carbons (Fsp3) is 0.571. The molecule has 4 nitrogen and oxygen atoms in total. The van der Waals surface area contributed by atoms with Crippen molar-refractivity contribution >= 4 is 9.84 Å².